The van der Waals surface area contributed by atoms with E-state index in [0.717, 1.165) is 31.0 Å². The summed E-state index contributed by atoms with van der Waals surface area (Å²) in [7, 11) is -1.62. The van der Waals surface area contributed by atoms with E-state index >= 15 is 0 Å². The highest BCUT2D eigenvalue weighted by atomic mass is 32.2. The molecule has 0 saturated carbocycles. The second-order valence-corrected chi connectivity index (χ2v) is 8.47. The zero-order chi connectivity index (χ0) is 19.1. The maximum Gasteiger partial charge on any atom is 0.213 e. The normalized spacial score (nSPS) is 14.7. The summed E-state index contributed by atoms with van der Waals surface area (Å²) >= 11 is 0. The van der Waals surface area contributed by atoms with Crippen LogP contribution in [0, 0.1) is 0 Å². The average Bonchev–Trinajstić information content (AvgIpc) is 2.70. The third-order valence-electron chi connectivity index (χ3n) is 4.63. The summed E-state index contributed by atoms with van der Waals surface area (Å²) in [5, 5.41) is 3.18. The summed E-state index contributed by atoms with van der Waals surface area (Å²) in [6.07, 6.45) is 0.966. The molecule has 6 nitrogen and oxygen atoms in total. The van der Waals surface area contributed by atoms with E-state index < -0.39 is 10.0 Å². The van der Waals surface area contributed by atoms with Gasteiger partial charge in [-0.15, -0.1) is 0 Å². The molecular weight excluding hydrogens is 360 g/mol. The first kappa shape index (κ1) is 19.4. The minimum Gasteiger partial charge on any atom is -0.355 e. The van der Waals surface area contributed by atoms with Crippen LogP contribution in [0.5, 0.6) is 0 Å². The number of nitrogens with zero attached hydrogens (tertiary/aromatic N) is 2. The lowest BCUT2D eigenvalue weighted by Gasteiger charge is -2.31. The summed E-state index contributed by atoms with van der Waals surface area (Å²) in [5.41, 5.74) is 3.61. The fraction of sp³-hybridized carbons (Fsp3) is 0.350. The van der Waals surface area contributed by atoms with Crippen molar-refractivity contribution in [2.24, 2.45) is 4.99 Å². The van der Waals surface area contributed by atoms with Crippen molar-refractivity contribution in [3.05, 3.63) is 71.3 Å². The first-order valence-corrected chi connectivity index (χ1v) is 10.8. The Morgan fingerprint density at radius 2 is 1.78 bits per heavy atom. The van der Waals surface area contributed by atoms with Gasteiger partial charge in [-0.05, 0) is 23.1 Å². The van der Waals surface area contributed by atoms with Crippen LogP contribution >= 0.6 is 0 Å². The minimum atomic E-state index is -3.35. The van der Waals surface area contributed by atoms with Gasteiger partial charge in [-0.3, -0.25) is 4.99 Å². The minimum absolute atomic E-state index is 0.00325. The third-order valence-corrected chi connectivity index (χ3v) is 5.96. The van der Waals surface area contributed by atoms with E-state index in [0.29, 0.717) is 13.1 Å². The van der Waals surface area contributed by atoms with Gasteiger partial charge in [-0.1, -0.05) is 54.6 Å². The molecule has 0 bridgehead atoms. The number of aliphatic imine (C=N–C) groups is 1. The number of sulfonamides is 1. The van der Waals surface area contributed by atoms with Crippen LogP contribution in [0.25, 0.3) is 0 Å². The molecule has 7 heteroatoms. The molecule has 0 atom stereocenters. The summed E-state index contributed by atoms with van der Waals surface area (Å²) in [6.45, 7) is 2.28. The molecule has 144 valence electrons. The second-order valence-electron chi connectivity index (χ2n) is 6.54. The van der Waals surface area contributed by atoms with Crippen molar-refractivity contribution in [3.8, 4) is 0 Å². The summed E-state index contributed by atoms with van der Waals surface area (Å²) < 4.78 is 27.1. The molecule has 2 N–H and O–H groups in total. The van der Waals surface area contributed by atoms with Crippen molar-refractivity contribution in [1.29, 1.82) is 0 Å². The van der Waals surface area contributed by atoms with Gasteiger partial charge in [0.2, 0.25) is 10.0 Å². The lowest BCUT2D eigenvalue weighted by Crippen LogP contribution is -2.45. The zero-order valence-electron chi connectivity index (χ0n) is 15.6. The van der Waals surface area contributed by atoms with Crippen LogP contribution in [-0.2, 0) is 29.5 Å². The SMILES string of the molecule is CN=C(NCCS(=O)(=O)NCc1ccccc1)N1CCc2ccccc2C1. The largest absolute Gasteiger partial charge is 0.355 e. The Kier molecular flexibility index (Phi) is 6.47. The maximum absolute atomic E-state index is 12.2. The third kappa shape index (κ3) is 5.55. The van der Waals surface area contributed by atoms with E-state index in [1.165, 1.54) is 11.1 Å². The molecule has 0 unspecified atom stereocenters. The van der Waals surface area contributed by atoms with E-state index in [1.807, 2.05) is 36.4 Å². The van der Waals surface area contributed by atoms with Crippen molar-refractivity contribution >= 4 is 16.0 Å². The van der Waals surface area contributed by atoms with Crippen molar-refractivity contribution in [2.45, 2.75) is 19.5 Å². The van der Waals surface area contributed by atoms with Gasteiger partial charge in [0.05, 0.1) is 5.75 Å². The highest BCUT2D eigenvalue weighted by Crippen LogP contribution is 2.18. The van der Waals surface area contributed by atoms with Crippen LogP contribution < -0.4 is 10.0 Å². The van der Waals surface area contributed by atoms with Crippen LogP contribution in [0.2, 0.25) is 0 Å². The smallest absolute Gasteiger partial charge is 0.213 e. The summed E-state index contributed by atoms with van der Waals surface area (Å²) in [4.78, 5) is 6.47. The van der Waals surface area contributed by atoms with E-state index in [9.17, 15) is 8.42 Å². The molecule has 27 heavy (non-hydrogen) atoms. The van der Waals surface area contributed by atoms with Crippen LogP contribution in [0.15, 0.2) is 59.6 Å². The van der Waals surface area contributed by atoms with E-state index in [4.69, 9.17) is 0 Å². The van der Waals surface area contributed by atoms with Gasteiger partial charge in [-0.25, -0.2) is 13.1 Å². The first-order chi connectivity index (χ1) is 13.1. The van der Waals surface area contributed by atoms with E-state index in [1.54, 1.807) is 7.05 Å². The molecule has 2 aromatic rings. The quantitative estimate of drug-likeness (QED) is 0.586. The number of fused-ring (bicyclic) bond motifs is 1. The number of hydrogen-bond acceptors (Lipinski definition) is 3. The van der Waals surface area contributed by atoms with Gasteiger partial charge in [0, 0.05) is 33.2 Å². The van der Waals surface area contributed by atoms with Crippen LogP contribution in [0.4, 0.5) is 0 Å². The van der Waals surface area contributed by atoms with Crippen LogP contribution in [-0.4, -0.2) is 45.2 Å². The second kappa shape index (κ2) is 9.01. The van der Waals surface area contributed by atoms with Crippen molar-refractivity contribution in [3.63, 3.8) is 0 Å². The molecule has 0 saturated heterocycles. The lowest BCUT2D eigenvalue weighted by molar-refractivity contribution is 0.380. The molecule has 2 aromatic carbocycles. The monoisotopic (exact) mass is 386 g/mol. The maximum atomic E-state index is 12.2. The first-order valence-electron chi connectivity index (χ1n) is 9.11. The Balaban J connectivity index is 1.48. The topological polar surface area (TPSA) is 73.8 Å². The molecule has 3 rings (SSSR count). The van der Waals surface area contributed by atoms with Gasteiger partial charge < -0.3 is 10.2 Å². The van der Waals surface area contributed by atoms with Crippen molar-refractivity contribution in [2.75, 3.05) is 25.9 Å². The Morgan fingerprint density at radius 3 is 2.52 bits per heavy atom. The number of guanidine groups is 1. The Labute approximate surface area is 161 Å². The fourth-order valence-electron chi connectivity index (χ4n) is 3.17. The standard InChI is InChI=1S/C20H26N4O2S/c1-21-20(24-13-11-18-9-5-6-10-19(18)16-24)22-12-14-27(25,26)23-15-17-7-3-2-4-8-17/h2-10,23H,11-16H2,1H3,(H,21,22). The molecule has 0 amide bonds. The molecule has 0 aliphatic carbocycles. The van der Waals surface area contributed by atoms with Crippen LogP contribution in [0.3, 0.4) is 0 Å². The summed E-state index contributed by atoms with van der Waals surface area (Å²) in [5.74, 6) is 0.742. The average molecular weight is 387 g/mol. The van der Waals surface area contributed by atoms with Gasteiger partial charge in [0.25, 0.3) is 0 Å². The van der Waals surface area contributed by atoms with Gasteiger partial charge in [-0.2, -0.15) is 0 Å². The lowest BCUT2D eigenvalue weighted by atomic mass is 10.0. The number of benzene rings is 2. The molecule has 0 spiro atoms. The molecule has 1 aliphatic heterocycles. The predicted octanol–water partition coefficient (Wildman–Crippen LogP) is 1.74. The molecular formula is C20H26N4O2S. The van der Waals surface area contributed by atoms with Crippen molar-refractivity contribution < 1.29 is 8.42 Å². The van der Waals surface area contributed by atoms with Gasteiger partial charge in [0.15, 0.2) is 5.96 Å². The number of rotatable bonds is 6. The fourth-order valence-corrected chi connectivity index (χ4v) is 4.07. The van der Waals surface area contributed by atoms with E-state index in [-0.39, 0.29) is 5.75 Å². The Morgan fingerprint density at radius 1 is 1.07 bits per heavy atom. The molecule has 0 radical (unpaired) electrons. The van der Waals surface area contributed by atoms with Crippen molar-refractivity contribution in [1.82, 2.24) is 14.9 Å². The molecule has 0 fully saturated rings. The Bertz CT molecular complexity index is 882. The Hall–Kier alpha value is -2.38. The highest BCUT2D eigenvalue weighted by Gasteiger charge is 2.19. The number of hydrogen-bond donors (Lipinski definition) is 2. The number of nitrogens with one attached hydrogen (secondary N) is 2. The van der Waals surface area contributed by atoms with E-state index in [2.05, 4.69) is 38.1 Å². The molecule has 1 heterocycles. The summed E-state index contributed by atoms with van der Waals surface area (Å²) in [6, 6.07) is 17.9. The predicted molar refractivity (Wildman–Crippen MR) is 109 cm³/mol. The van der Waals surface area contributed by atoms with Gasteiger partial charge in [0.1, 0.15) is 0 Å². The molecule has 1 aliphatic rings. The van der Waals surface area contributed by atoms with Gasteiger partial charge >= 0.3 is 0 Å². The van der Waals surface area contributed by atoms with Crippen LogP contribution in [0.1, 0.15) is 16.7 Å². The zero-order valence-corrected chi connectivity index (χ0v) is 16.4. The molecule has 0 aromatic heterocycles. The highest BCUT2D eigenvalue weighted by molar-refractivity contribution is 7.89.